The largest absolute Gasteiger partial charge is 0.494 e. The molecule has 8 heteroatoms. The van der Waals surface area contributed by atoms with Gasteiger partial charge in [-0.2, -0.15) is 0 Å². The van der Waals surface area contributed by atoms with Crippen LogP contribution in [0.25, 0.3) is 0 Å². The van der Waals surface area contributed by atoms with Gasteiger partial charge in [-0.25, -0.2) is 0 Å². The SMILES string of the molecule is CCOc1ccc(OCC)c(NC(=O)CSc2nnc(Cc3ccccc3)n2CC)c1. The molecule has 0 spiro atoms. The summed E-state index contributed by atoms with van der Waals surface area (Å²) in [6.45, 7) is 7.67. The van der Waals surface area contributed by atoms with Gasteiger partial charge in [-0.1, -0.05) is 42.1 Å². The lowest BCUT2D eigenvalue weighted by Crippen LogP contribution is -2.16. The molecule has 1 heterocycles. The molecule has 3 rings (SSSR count). The molecule has 3 aromatic rings. The van der Waals surface area contributed by atoms with Gasteiger partial charge in [0, 0.05) is 19.0 Å². The van der Waals surface area contributed by atoms with Crippen molar-refractivity contribution in [1.82, 2.24) is 14.8 Å². The lowest BCUT2D eigenvalue weighted by atomic mass is 10.1. The topological polar surface area (TPSA) is 78.3 Å². The van der Waals surface area contributed by atoms with Gasteiger partial charge in [-0.3, -0.25) is 4.79 Å². The van der Waals surface area contributed by atoms with E-state index in [-0.39, 0.29) is 11.7 Å². The minimum atomic E-state index is -0.144. The molecule has 7 nitrogen and oxygen atoms in total. The van der Waals surface area contributed by atoms with Crippen LogP contribution in [0.4, 0.5) is 5.69 Å². The van der Waals surface area contributed by atoms with E-state index < -0.39 is 0 Å². The molecule has 1 aromatic heterocycles. The number of hydrogen-bond donors (Lipinski definition) is 1. The summed E-state index contributed by atoms with van der Waals surface area (Å²) in [5, 5.41) is 12.3. The first-order chi connectivity index (χ1) is 15.1. The summed E-state index contributed by atoms with van der Waals surface area (Å²) < 4.78 is 13.2. The molecule has 31 heavy (non-hydrogen) atoms. The van der Waals surface area contributed by atoms with Crippen LogP contribution in [-0.4, -0.2) is 39.6 Å². The van der Waals surface area contributed by atoms with E-state index in [1.807, 2.05) is 42.7 Å². The predicted octanol–water partition coefficient (Wildman–Crippen LogP) is 4.42. The van der Waals surface area contributed by atoms with Gasteiger partial charge in [-0.15, -0.1) is 10.2 Å². The first-order valence-corrected chi connectivity index (χ1v) is 11.4. The third-order valence-electron chi connectivity index (χ3n) is 4.48. The van der Waals surface area contributed by atoms with E-state index in [2.05, 4.69) is 34.6 Å². The van der Waals surface area contributed by atoms with Crippen molar-refractivity contribution in [1.29, 1.82) is 0 Å². The standard InChI is InChI=1S/C23H28N4O3S/c1-4-27-21(14-17-10-8-7-9-11-17)25-26-23(27)31-16-22(28)24-19-15-18(29-5-2)12-13-20(19)30-6-3/h7-13,15H,4-6,14,16H2,1-3H3,(H,24,28). The first-order valence-electron chi connectivity index (χ1n) is 10.4. The Morgan fingerprint density at radius 2 is 1.81 bits per heavy atom. The fourth-order valence-corrected chi connectivity index (χ4v) is 3.93. The van der Waals surface area contributed by atoms with E-state index in [9.17, 15) is 4.79 Å². The first kappa shape index (κ1) is 22.7. The highest BCUT2D eigenvalue weighted by Gasteiger charge is 2.15. The van der Waals surface area contributed by atoms with Crippen LogP contribution in [0.3, 0.4) is 0 Å². The van der Waals surface area contributed by atoms with E-state index in [4.69, 9.17) is 9.47 Å². The number of carbonyl (C=O) groups excluding carboxylic acids is 1. The molecule has 0 atom stereocenters. The van der Waals surface area contributed by atoms with Crippen molar-refractivity contribution >= 4 is 23.4 Å². The Morgan fingerprint density at radius 1 is 1.03 bits per heavy atom. The van der Waals surface area contributed by atoms with Crippen LogP contribution in [0.5, 0.6) is 11.5 Å². The molecule has 0 fully saturated rings. The van der Waals surface area contributed by atoms with Crippen LogP contribution in [0, 0.1) is 0 Å². The van der Waals surface area contributed by atoms with Crippen molar-refractivity contribution in [3.05, 3.63) is 59.9 Å². The highest BCUT2D eigenvalue weighted by molar-refractivity contribution is 7.99. The molecule has 0 radical (unpaired) electrons. The van der Waals surface area contributed by atoms with Gasteiger partial charge in [0.1, 0.15) is 17.3 Å². The van der Waals surface area contributed by atoms with Gasteiger partial charge >= 0.3 is 0 Å². The molecular formula is C23H28N4O3S. The van der Waals surface area contributed by atoms with E-state index >= 15 is 0 Å². The van der Waals surface area contributed by atoms with Crippen molar-refractivity contribution in [2.75, 3.05) is 24.3 Å². The lowest BCUT2D eigenvalue weighted by Gasteiger charge is -2.13. The Morgan fingerprint density at radius 3 is 2.52 bits per heavy atom. The molecular weight excluding hydrogens is 412 g/mol. The normalized spacial score (nSPS) is 10.7. The number of nitrogens with zero attached hydrogens (tertiary/aromatic N) is 3. The second kappa shape index (κ2) is 11.4. The van der Waals surface area contributed by atoms with Crippen molar-refractivity contribution in [2.24, 2.45) is 0 Å². The number of amides is 1. The molecule has 0 aliphatic rings. The van der Waals surface area contributed by atoms with E-state index in [0.29, 0.717) is 36.8 Å². The molecule has 1 amide bonds. The molecule has 0 saturated heterocycles. The Kier molecular flexibility index (Phi) is 8.35. The number of carbonyl (C=O) groups is 1. The summed E-state index contributed by atoms with van der Waals surface area (Å²) in [6.07, 6.45) is 0.705. The Labute approximate surface area is 187 Å². The molecule has 0 saturated carbocycles. The van der Waals surface area contributed by atoms with Crippen LogP contribution in [0.2, 0.25) is 0 Å². The Bertz CT molecular complexity index is 992. The maximum atomic E-state index is 12.6. The number of nitrogens with one attached hydrogen (secondary N) is 1. The number of anilines is 1. The van der Waals surface area contributed by atoms with Crippen molar-refractivity contribution in [3.8, 4) is 11.5 Å². The van der Waals surface area contributed by atoms with Gasteiger partial charge in [0.15, 0.2) is 5.16 Å². The zero-order chi connectivity index (χ0) is 22.1. The van der Waals surface area contributed by atoms with Gasteiger partial charge in [-0.05, 0) is 38.5 Å². The summed E-state index contributed by atoms with van der Waals surface area (Å²) in [7, 11) is 0. The van der Waals surface area contributed by atoms with Crippen LogP contribution in [-0.2, 0) is 17.8 Å². The number of thioether (sulfide) groups is 1. The lowest BCUT2D eigenvalue weighted by molar-refractivity contribution is -0.113. The summed E-state index contributed by atoms with van der Waals surface area (Å²) in [5.74, 6) is 2.26. The second-order valence-corrected chi connectivity index (χ2v) is 7.61. The maximum Gasteiger partial charge on any atom is 0.234 e. The highest BCUT2D eigenvalue weighted by Crippen LogP contribution is 2.30. The smallest absolute Gasteiger partial charge is 0.234 e. The fraction of sp³-hybridized carbons (Fsp3) is 0.348. The summed E-state index contributed by atoms with van der Waals surface area (Å²) in [6, 6.07) is 15.6. The number of rotatable bonds is 11. The third kappa shape index (κ3) is 6.24. The Hall–Kier alpha value is -3.00. The average Bonchev–Trinajstić information content (AvgIpc) is 3.16. The number of aromatic nitrogens is 3. The van der Waals surface area contributed by atoms with Gasteiger partial charge in [0.2, 0.25) is 5.91 Å². The molecule has 0 bridgehead atoms. The quantitative estimate of drug-likeness (QED) is 0.445. The highest BCUT2D eigenvalue weighted by atomic mass is 32.2. The minimum Gasteiger partial charge on any atom is -0.494 e. The third-order valence-corrected chi connectivity index (χ3v) is 5.45. The van der Waals surface area contributed by atoms with Crippen LogP contribution >= 0.6 is 11.8 Å². The Balaban J connectivity index is 1.65. The van der Waals surface area contributed by atoms with Crippen LogP contribution < -0.4 is 14.8 Å². The fourth-order valence-electron chi connectivity index (χ4n) is 3.11. The van der Waals surface area contributed by atoms with E-state index in [1.165, 1.54) is 17.3 Å². The molecule has 0 unspecified atom stereocenters. The number of hydrogen-bond acceptors (Lipinski definition) is 6. The van der Waals surface area contributed by atoms with E-state index in [0.717, 1.165) is 17.5 Å². The predicted molar refractivity (Wildman–Crippen MR) is 123 cm³/mol. The van der Waals surface area contributed by atoms with Gasteiger partial charge in [0.05, 0.1) is 24.7 Å². The average molecular weight is 441 g/mol. The van der Waals surface area contributed by atoms with Crippen LogP contribution in [0.1, 0.15) is 32.2 Å². The second-order valence-electron chi connectivity index (χ2n) is 6.67. The molecule has 0 aliphatic heterocycles. The van der Waals surface area contributed by atoms with Gasteiger partial charge in [0.25, 0.3) is 0 Å². The van der Waals surface area contributed by atoms with Crippen molar-refractivity contribution in [3.63, 3.8) is 0 Å². The zero-order valence-corrected chi connectivity index (χ0v) is 18.9. The molecule has 164 valence electrons. The maximum absolute atomic E-state index is 12.6. The summed E-state index contributed by atoms with van der Waals surface area (Å²) in [4.78, 5) is 12.6. The summed E-state index contributed by atoms with van der Waals surface area (Å²) >= 11 is 1.37. The molecule has 0 aliphatic carbocycles. The monoisotopic (exact) mass is 440 g/mol. The minimum absolute atomic E-state index is 0.144. The zero-order valence-electron chi connectivity index (χ0n) is 18.1. The van der Waals surface area contributed by atoms with E-state index in [1.54, 1.807) is 12.1 Å². The molecule has 2 aromatic carbocycles. The molecule has 1 N–H and O–H groups in total. The van der Waals surface area contributed by atoms with Crippen molar-refractivity contribution in [2.45, 2.75) is 38.9 Å². The summed E-state index contributed by atoms with van der Waals surface area (Å²) in [5.41, 5.74) is 1.77. The number of ether oxygens (including phenoxy) is 2. The number of benzene rings is 2. The van der Waals surface area contributed by atoms with Gasteiger partial charge < -0.3 is 19.4 Å². The van der Waals surface area contributed by atoms with Crippen molar-refractivity contribution < 1.29 is 14.3 Å². The van der Waals surface area contributed by atoms with Crippen LogP contribution in [0.15, 0.2) is 53.7 Å².